The highest BCUT2D eigenvalue weighted by Crippen LogP contribution is 2.24. The van der Waals surface area contributed by atoms with Crippen LogP contribution in [0.2, 0.25) is 0 Å². The summed E-state index contributed by atoms with van der Waals surface area (Å²) in [5, 5.41) is 2.52. The van der Waals surface area contributed by atoms with E-state index in [1.54, 1.807) is 0 Å². The van der Waals surface area contributed by atoms with Gasteiger partial charge in [0.1, 0.15) is 11.3 Å². The summed E-state index contributed by atoms with van der Waals surface area (Å²) in [5.74, 6) is -2.90. The van der Waals surface area contributed by atoms with E-state index in [1.807, 2.05) is 0 Å². The van der Waals surface area contributed by atoms with Gasteiger partial charge in [-0.05, 0) is 19.1 Å². The van der Waals surface area contributed by atoms with E-state index in [2.05, 4.69) is 15.3 Å². The molecule has 0 aliphatic rings. The number of nitrogens with zero attached hydrogens (tertiary/aromatic N) is 3. The average Bonchev–Trinajstić information content (AvgIpc) is 2.97. The third kappa shape index (κ3) is 5.96. The quantitative estimate of drug-likeness (QED) is 0.564. The van der Waals surface area contributed by atoms with Gasteiger partial charge in [-0.15, -0.1) is 3.89 Å². The third-order valence-electron chi connectivity index (χ3n) is 3.81. The topological polar surface area (TPSA) is 78.0 Å². The number of pyridine rings is 1. The number of fused-ring (bicyclic) bond motifs is 1. The van der Waals surface area contributed by atoms with Crippen LogP contribution in [0.3, 0.4) is 0 Å². The van der Waals surface area contributed by atoms with Crippen molar-refractivity contribution < 1.29 is 30.6 Å². The first kappa shape index (κ1) is 22.7. The summed E-state index contributed by atoms with van der Waals surface area (Å²) >= 11 is -0.166. The van der Waals surface area contributed by atoms with Crippen molar-refractivity contribution in [1.29, 1.82) is 0 Å². The Morgan fingerprint density at radius 1 is 1.25 bits per heavy atom. The molecule has 0 aliphatic heterocycles. The molecule has 0 fully saturated rings. The Morgan fingerprint density at radius 2 is 1.96 bits per heavy atom. The van der Waals surface area contributed by atoms with Gasteiger partial charge >= 0.3 is 6.18 Å². The molecule has 0 saturated heterocycles. The monoisotopic (exact) mass is 431 g/mol. The molecule has 0 amide bonds. The van der Waals surface area contributed by atoms with Crippen LogP contribution in [-0.2, 0) is 17.7 Å². The number of rotatable bonds is 10. The van der Waals surface area contributed by atoms with Gasteiger partial charge in [0.05, 0.1) is 25.4 Å². The maximum absolute atomic E-state index is 13.3. The highest BCUT2D eigenvalue weighted by molar-refractivity contribution is 7.92. The number of halogens is 6. The van der Waals surface area contributed by atoms with Crippen LogP contribution in [0.4, 0.5) is 25.8 Å². The van der Waals surface area contributed by atoms with E-state index in [4.69, 9.17) is 10.5 Å². The SMILES string of the molecule is C[C@@H](OCCc1nc2nc(CNCC(F)(F)CN)ccc2n1SF)C(F)(F)F. The highest BCUT2D eigenvalue weighted by Gasteiger charge is 2.36. The van der Waals surface area contributed by atoms with Gasteiger partial charge in [0, 0.05) is 13.0 Å². The van der Waals surface area contributed by atoms with Crippen molar-refractivity contribution in [3.8, 4) is 0 Å². The molecule has 0 bridgehead atoms. The zero-order chi connectivity index (χ0) is 20.9. The van der Waals surface area contributed by atoms with E-state index in [-0.39, 0.29) is 43.4 Å². The second-order valence-electron chi connectivity index (χ2n) is 6.00. The maximum atomic E-state index is 13.3. The molecule has 0 aliphatic carbocycles. The summed E-state index contributed by atoms with van der Waals surface area (Å²) in [6, 6.07) is 3.01. The van der Waals surface area contributed by atoms with Crippen molar-refractivity contribution in [2.45, 2.75) is 38.1 Å². The van der Waals surface area contributed by atoms with Gasteiger partial charge in [-0.2, -0.15) is 13.2 Å². The van der Waals surface area contributed by atoms with Gasteiger partial charge in [-0.25, -0.2) is 22.7 Å². The van der Waals surface area contributed by atoms with Gasteiger partial charge in [-0.1, -0.05) is 0 Å². The first-order valence-corrected chi connectivity index (χ1v) is 8.88. The maximum Gasteiger partial charge on any atom is 0.414 e. The van der Waals surface area contributed by atoms with Crippen LogP contribution in [0.1, 0.15) is 18.4 Å². The summed E-state index contributed by atoms with van der Waals surface area (Å²) in [6.07, 6.45) is -6.51. The second kappa shape index (κ2) is 9.29. The van der Waals surface area contributed by atoms with Crippen LogP contribution in [0, 0.1) is 0 Å². The van der Waals surface area contributed by atoms with Crippen LogP contribution < -0.4 is 11.1 Å². The molecule has 13 heteroatoms. The smallest absolute Gasteiger partial charge is 0.369 e. The van der Waals surface area contributed by atoms with Gasteiger partial charge in [0.15, 0.2) is 24.1 Å². The number of nitrogens with one attached hydrogen (secondary N) is 1. The number of aromatic nitrogens is 3. The minimum Gasteiger partial charge on any atom is -0.369 e. The number of ether oxygens (including phenoxy) is 1. The van der Waals surface area contributed by atoms with Crippen molar-refractivity contribution in [2.24, 2.45) is 5.73 Å². The van der Waals surface area contributed by atoms with E-state index >= 15 is 0 Å². The number of hydrogen-bond acceptors (Lipinski definition) is 6. The number of imidazole rings is 1. The predicted octanol–water partition coefficient (Wildman–Crippen LogP) is 3.01. The number of alkyl halides is 5. The lowest BCUT2D eigenvalue weighted by molar-refractivity contribution is -0.213. The minimum absolute atomic E-state index is 0.0166. The Balaban J connectivity index is 2.05. The van der Waals surface area contributed by atoms with E-state index in [1.165, 1.54) is 12.1 Å². The van der Waals surface area contributed by atoms with E-state index in [9.17, 15) is 25.8 Å². The Labute approximate surface area is 161 Å². The Bertz CT molecular complexity index is 784. The van der Waals surface area contributed by atoms with Crippen LogP contribution >= 0.6 is 12.3 Å². The number of hydrogen-bond donors (Lipinski definition) is 2. The lowest BCUT2D eigenvalue weighted by Crippen LogP contribution is -2.38. The molecular weight excluding hydrogens is 412 g/mol. The van der Waals surface area contributed by atoms with E-state index in [0.717, 1.165) is 10.9 Å². The van der Waals surface area contributed by atoms with Gasteiger partial charge in [0.25, 0.3) is 5.92 Å². The molecular formula is C15H19F6N5OS. The third-order valence-corrected chi connectivity index (χ3v) is 4.36. The Hall–Kier alpha value is -1.57. The fraction of sp³-hybridized carbons (Fsp3) is 0.600. The summed E-state index contributed by atoms with van der Waals surface area (Å²) in [7, 11) is 0. The molecule has 0 radical (unpaired) electrons. The summed E-state index contributed by atoms with van der Waals surface area (Å²) < 4.78 is 82.6. The predicted molar refractivity (Wildman–Crippen MR) is 92.5 cm³/mol. The van der Waals surface area contributed by atoms with Crippen LogP contribution in [0.5, 0.6) is 0 Å². The fourth-order valence-corrected chi connectivity index (χ4v) is 2.66. The lowest BCUT2D eigenvalue weighted by Gasteiger charge is -2.15. The fourth-order valence-electron chi connectivity index (χ4n) is 2.23. The minimum atomic E-state index is -4.49. The zero-order valence-electron chi connectivity index (χ0n) is 14.8. The molecule has 2 heterocycles. The van der Waals surface area contributed by atoms with Crippen LogP contribution in [0.25, 0.3) is 11.2 Å². The molecule has 28 heavy (non-hydrogen) atoms. The summed E-state index contributed by atoms with van der Waals surface area (Å²) in [5.41, 5.74) is 5.79. The van der Waals surface area contributed by atoms with Crippen molar-refractivity contribution in [2.75, 3.05) is 19.7 Å². The Kier molecular flexibility index (Phi) is 7.53. The molecule has 0 spiro atoms. The second-order valence-corrected chi connectivity index (χ2v) is 6.51. The van der Waals surface area contributed by atoms with E-state index in [0.29, 0.717) is 11.2 Å². The Morgan fingerprint density at radius 3 is 2.57 bits per heavy atom. The first-order chi connectivity index (χ1) is 13.1. The molecule has 2 rings (SSSR count). The number of nitrogens with two attached hydrogens (primary N) is 1. The van der Waals surface area contributed by atoms with Crippen molar-refractivity contribution in [1.82, 2.24) is 19.3 Å². The summed E-state index contributed by atoms with van der Waals surface area (Å²) in [6.45, 7) is -0.835. The standard InChI is InChI=1S/C15H19F6N5OS/c1-9(15(18,19)20)27-5-4-12-25-13-11(26(12)28-21)3-2-10(24-13)6-23-8-14(16,17)7-22/h2-3,9,23H,4-8,22H2,1H3/t9-/m1/s1. The average molecular weight is 431 g/mol. The molecule has 3 N–H and O–H groups in total. The van der Waals surface area contributed by atoms with Gasteiger partial charge in [0.2, 0.25) is 0 Å². The van der Waals surface area contributed by atoms with Gasteiger partial charge < -0.3 is 15.8 Å². The summed E-state index contributed by atoms with van der Waals surface area (Å²) in [4.78, 5) is 8.27. The zero-order valence-corrected chi connectivity index (χ0v) is 15.6. The van der Waals surface area contributed by atoms with Crippen LogP contribution in [0.15, 0.2) is 12.1 Å². The molecule has 0 unspecified atom stereocenters. The molecule has 6 nitrogen and oxygen atoms in total. The molecule has 2 aromatic rings. The largest absolute Gasteiger partial charge is 0.414 e. The van der Waals surface area contributed by atoms with Crippen molar-refractivity contribution in [3.63, 3.8) is 0 Å². The van der Waals surface area contributed by atoms with Crippen molar-refractivity contribution in [3.05, 3.63) is 23.7 Å². The van der Waals surface area contributed by atoms with Crippen molar-refractivity contribution >= 4 is 23.5 Å². The normalized spacial score (nSPS) is 14.0. The molecule has 0 saturated carbocycles. The molecule has 1 atom stereocenters. The molecule has 0 aromatic carbocycles. The molecule has 2 aromatic heterocycles. The highest BCUT2D eigenvalue weighted by atomic mass is 32.2. The first-order valence-electron chi connectivity index (χ1n) is 8.20. The van der Waals surface area contributed by atoms with Crippen LogP contribution in [-0.4, -0.2) is 51.8 Å². The molecule has 158 valence electrons. The lowest BCUT2D eigenvalue weighted by atomic mass is 10.3. The van der Waals surface area contributed by atoms with E-state index < -0.39 is 31.3 Å². The van der Waals surface area contributed by atoms with Gasteiger partial charge in [-0.3, -0.25) is 0 Å².